The topological polar surface area (TPSA) is 40.5 Å². The van der Waals surface area contributed by atoms with E-state index in [4.69, 9.17) is 0 Å². The Hall–Kier alpha value is -1.35. The van der Waals surface area contributed by atoms with E-state index in [0.29, 0.717) is 18.1 Å². The van der Waals surface area contributed by atoms with Crippen LogP contribution in [0, 0.1) is 0 Å². The molecule has 3 heteroatoms. The van der Waals surface area contributed by atoms with Gasteiger partial charge in [0.2, 0.25) is 0 Å². The van der Waals surface area contributed by atoms with Gasteiger partial charge in [0.1, 0.15) is 12.0 Å². The molecule has 0 radical (unpaired) electrons. The maximum Gasteiger partial charge on any atom is 0.121 e. The maximum atomic E-state index is 10.3. The van der Waals surface area contributed by atoms with Gasteiger partial charge < -0.3 is 14.8 Å². The van der Waals surface area contributed by atoms with Gasteiger partial charge in [-0.05, 0) is 49.5 Å². The summed E-state index contributed by atoms with van der Waals surface area (Å²) < 4.78 is 0. The fourth-order valence-electron chi connectivity index (χ4n) is 2.50. The summed E-state index contributed by atoms with van der Waals surface area (Å²) in [6.45, 7) is 2.98. The number of phenols is 1. The second-order valence-electron chi connectivity index (χ2n) is 4.67. The van der Waals surface area contributed by atoms with Crippen LogP contribution in [0.2, 0.25) is 0 Å². The maximum absolute atomic E-state index is 10.3. The van der Waals surface area contributed by atoms with E-state index >= 15 is 0 Å². The summed E-state index contributed by atoms with van der Waals surface area (Å²) in [4.78, 5) is 12.7. The van der Waals surface area contributed by atoms with E-state index in [-0.39, 0.29) is 0 Å². The van der Waals surface area contributed by atoms with Crippen molar-refractivity contribution in [2.45, 2.75) is 25.2 Å². The first-order valence-electron chi connectivity index (χ1n) is 6.24. The first-order chi connectivity index (χ1) is 8.29. The van der Waals surface area contributed by atoms with Gasteiger partial charge in [-0.25, -0.2) is 0 Å². The second kappa shape index (κ2) is 5.82. The molecule has 0 aliphatic carbocycles. The first kappa shape index (κ1) is 12.1. The summed E-state index contributed by atoms with van der Waals surface area (Å²) in [7, 11) is 0. The van der Waals surface area contributed by atoms with Gasteiger partial charge in [0.05, 0.1) is 0 Å². The van der Waals surface area contributed by atoms with Crippen LogP contribution in [0.3, 0.4) is 0 Å². The fourth-order valence-corrected chi connectivity index (χ4v) is 2.50. The van der Waals surface area contributed by atoms with E-state index in [1.807, 2.05) is 12.1 Å². The number of nitrogens with zero attached hydrogens (tertiary/aromatic N) is 1. The Labute approximate surface area is 102 Å². The van der Waals surface area contributed by atoms with Crippen LogP contribution in [0.15, 0.2) is 24.3 Å². The van der Waals surface area contributed by atoms with Crippen molar-refractivity contribution in [3.8, 4) is 5.75 Å². The largest absolute Gasteiger partial charge is 0.508 e. The van der Waals surface area contributed by atoms with Crippen LogP contribution in [0.5, 0.6) is 5.75 Å². The summed E-state index contributed by atoms with van der Waals surface area (Å²) in [5.74, 6) is 0.903. The summed E-state index contributed by atoms with van der Waals surface area (Å²) in [5.41, 5.74) is 1.24. The van der Waals surface area contributed by atoms with Gasteiger partial charge in [-0.3, -0.25) is 0 Å². The van der Waals surface area contributed by atoms with Crippen molar-refractivity contribution in [3.63, 3.8) is 0 Å². The third-order valence-electron chi connectivity index (χ3n) is 3.49. The fraction of sp³-hybridized carbons (Fsp3) is 0.500. The molecule has 0 atom stereocenters. The van der Waals surface area contributed by atoms with Crippen LogP contribution < -0.4 is 0 Å². The van der Waals surface area contributed by atoms with Gasteiger partial charge in [-0.2, -0.15) is 0 Å². The van der Waals surface area contributed by atoms with Crippen LogP contribution in [-0.2, 0) is 4.79 Å². The van der Waals surface area contributed by atoms with Crippen molar-refractivity contribution < 1.29 is 9.90 Å². The minimum Gasteiger partial charge on any atom is -0.508 e. The number of piperidine rings is 1. The molecule has 1 N–H and O–H groups in total. The monoisotopic (exact) mass is 233 g/mol. The highest BCUT2D eigenvalue weighted by Gasteiger charge is 2.20. The molecule has 2 rings (SSSR count). The number of benzene rings is 1. The van der Waals surface area contributed by atoms with Gasteiger partial charge in [0, 0.05) is 13.0 Å². The highest BCUT2D eigenvalue weighted by molar-refractivity contribution is 5.49. The molecule has 0 bridgehead atoms. The van der Waals surface area contributed by atoms with E-state index in [9.17, 15) is 9.90 Å². The quantitative estimate of drug-likeness (QED) is 0.810. The molecule has 0 saturated carbocycles. The molecule has 92 valence electrons. The molecule has 1 aromatic carbocycles. The molecule has 0 amide bonds. The Bertz CT molecular complexity index is 370. The third-order valence-corrected chi connectivity index (χ3v) is 3.49. The van der Waals surface area contributed by atoms with Crippen molar-refractivity contribution in [1.29, 1.82) is 0 Å². The number of phenolic OH excluding ortho intramolecular Hbond substituents is 1. The zero-order valence-electron chi connectivity index (χ0n) is 10.0. The van der Waals surface area contributed by atoms with E-state index in [2.05, 4.69) is 11.0 Å². The average Bonchev–Trinajstić information content (AvgIpc) is 2.37. The number of carbonyl (C=O) groups excluding carboxylic acids is 1. The number of carbonyl (C=O) groups is 1. The van der Waals surface area contributed by atoms with Crippen molar-refractivity contribution in [2.24, 2.45) is 0 Å². The molecule has 0 aromatic heterocycles. The molecular weight excluding hydrogens is 214 g/mol. The van der Waals surface area contributed by atoms with Crippen LogP contribution >= 0.6 is 0 Å². The lowest BCUT2D eigenvalue weighted by atomic mass is 9.89. The SMILES string of the molecule is O=CCCN1CCC(c2cccc(O)c2)CC1. The number of hydrogen-bond donors (Lipinski definition) is 1. The molecule has 3 nitrogen and oxygen atoms in total. The van der Waals surface area contributed by atoms with Gasteiger partial charge in [0.15, 0.2) is 0 Å². The molecule has 1 aliphatic rings. The standard InChI is InChI=1S/C14H19NO2/c16-10-2-7-15-8-5-12(6-9-15)13-3-1-4-14(17)11-13/h1,3-4,10-12,17H,2,5-9H2. The Balaban J connectivity index is 1.88. The first-order valence-corrected chi connectivity index (χ1v) is 6.24. The molecule has 1 saturated heterocycles. The predicted octanol–water partition coefficient (Wildman–Crippen LogP) is 2.16. The van der Waals surface area contributed by atoms with E-state index in [0.717, 1.165) is 38.8 Å². The van der Waals surface area contributed by atoms with Crippen molar-refractivity contribution in [1.82, 2.24) is 4.90 Å². The number of hydrogen-bond acceptors (Lipinski definition) is 3. The number of aromatic hydroxyl groups is 1. The highest BCUT2D eigenvalue weighted by atomic mass is 16.3. The molecular formula is C14H19NO2. The third kappa shape index (κ3) is 3.30. The van der Waals surface area contributed by atoms with Crippen molar-refractivity contribution in [2.75, 3.05) is 19.6 Å². The Morgan fingerprint density at radius 1 is 1.35 bits per heavy atom. The van der Waals surface area contributed by atoms with E-state index in [1.54, 1.807) is 6.07 Å². The molecule has 1 aromatic rings. The molecule has 0 unspecified atom stereocenters. The highest BCUT2D eigenvalue weighted by Crippen LogP contribution is 2.29. The molecule has 0 spiro atoms. The van der Waals surface area contributed by atoms with Gasteiger partial charge in [0.25, 0.3) is 0 Å². The number of likely N-dealkylation sites (tertiary alicyclic amines) is 1. The van der Waals surface area contributed by atoms with Crippen LogP contribution in [0.4, 0.5) is 0 Å². The Morgan fingerprint density at radius 2 is 2.12 bits per heavy atom. The Kier molecular flexibility index (Phi) is 4.15. The average molecular weight is 233 g/mol. The molecule has 1 heterocycles. The van der Waals surface area contributed by atoms with E-state index in [1.165, 1.54) is 5.56 Å². The predicted molar refractivity (Wildman–Crippen MR) is 67.2 cm³/mol. The molecule has 17 heavy (non-hydrogen) atoms. The van der Waals surface area contributed by atoms with Crippen molar-refractivity contribution >= 4 is 6.29 Å². The molecule has 1 fully saturated rings. The van der Waals surface area contributed by atoms with Gasteiger partial charge >= 0.3 is 0 Å². The lowest BCUT2D eigenvalue weighted by Gasteiger charge is -2.31. The number of rotatable bonds is 4. The zero-order chi connectivity index (χ0) is 12.1. The summed E-state index contributed by atoms with van der Waals surface area (Å²) in [6.07, 6.45) is 3.85. The van der Waals surface area contributed by atoms with E-state index < -0.39 is 0 Å². The normalized spacial score (nSPS) is 18.1. The summed E-state index contributed by atoms with van der Waals surface area (Å²) in [5, 5.41) is 9.46. The lowest BCUT2D eigenvalue weighted by Crippen LogP contribution is -2.33. The summed E-state index contributed by atoms with van der Waals surface area (Å²) in [6, 6.07) is 7.57. The van der Waals surface area contributed by atoms with Gasteiger partial charge in [-0.15, -0.1) is 0 Å². The number of aldehydes is 1. The zero-order valence-corrected chi connectivity index (χ0v) is 10.0. The lowest BCUT2D eigenvalue weighted by molar-refractivity contribution is -0.108. The summed E-state index contributed by atoms with van der Waals surface area (Å²) >= 11 is 0. The molecule has 1 aliphatic heterocycles. The minimum absolute atomic E-state index is 0.353. The Morgan fingerprint density at radius 3 is 2.76 bits per heavy atom. The second-order valence-corrected chi connectivity index (χ2v) is 4.67. The van der Waals surface area contributed by atoms with Gasteiger partial charge in [-0.1, -0.05) is 12.1 Å². The van der Waals surface area contributed by atoms with Crippen LogP contribution in [-0.4, -0.2) is 35.9 Å². The van der Waals surface area contributed by atoms with Crippen molar-refractivity contribution in [3.05, 3.63) is 29.8 Å². The smallest absolute Gasteiger partial charge is 0.121 e. The van der Waals surface area contributed by atoms with Crippen LogP contribution in [0.25, 0.3) is 0 Å². The minimum atomic E-state index is 0.353. The van der Waals surface area contributed by atoms with Crippen LogP contribution in [0.1, 0.15) is 30.7 Å².